The zero-order valence-electron chi connectivity index (χ0n) is 17.5. The van der Waals surface area contributed by atoms with Crippen molar-refractivity contribution < 1.29 is 14.3 Å². The van der Waals surface area contributed by atoms with Crippen LogP contribution in [0, 0.1) is 6.92 Å². The van der Waals surface area contributed by atoms with Crippen molar-refractivity contribution in [3.63, 3.8) is 0 Å². The van der Waals surface area contributed by atoms with Crippen LogP contribution in [0.2, 0.25) is 0 Å². The Morgan fingerprint density at radius 1 is 1.13 bits per heavy atom. The van der Waals surface area contributed by atoms with Crippen molar-refractivity contribution >= 4 is 11.8 Å². The first kappa shape index (κ1) is 20.3. The summed E-state index contributed by atoms with van der Waals surface area (Å²) in [6.07, 6.45) is 4.88. The lowest BCUT2D eigenvalue weighted by atomic mass is 10.0. The molecule has 4 heterocycles. The van der Waals surface area contributed by atoms with Crippen molar-refractivity contribution in [3.05, 3.63) is 41.9 Å². The number of carbonyl (C=O) groups excluding carboxylic acids is 2. The van der Waals surface area contributed by atoms with E-state index in [-0.39, 0.29) is 24.0 Å². The first-order valence-electron chi connectivity index (χ1n) is 10.4. The first-order chi connectivity index (χ1) is 14.5. The quantitative estimate of drug-likeness (QED) is 0.803. The standard InChI is InChI=1S/C21H28N6O3/c1-15-17(13-23-24-15)20(28)27-12-11-25(2)18(14-27)21(29)26-9-6-16(7-10-26)30-19-5-3-4-8-22-19/h3-5,8,13,16,18H,6-7,9-12,14H2,1-2H3,(H,23,24)/t18-/m1/s1. The van der Waals surface area contributed by atoms with Gasteiger partial charge in [-0.1, -0.05) is 6.07 Å². The van der Waals surface area contributed by atoms with E-state index in [2.05, 4.69) is 15.2 Å². The Labute approximate surface area is 176 Å². The molecule has 2 aliphatic rings. The number of likely N-dealkylation sites (tertiary alicyclic amines) is 1. The van der Waals surface area contributed by atoms with Crippen LogP contribution in [0.1, 0.15) is 28.9 Å². The second kappa shape index (κ2) is 8.83. The number of H-pyrrole nitrogens is 1. The summed E-state index contributed by atoms with van der Waals surface area (Å²) in [5.74, 6) is 0.628. The molecular weight excluding hydrogens is 384 g/mol. The Kier molecular flexibility index (Phi) is 5.98. The molecule has 0 saturated carbocycles. The Morgan fingerprint density at radius 2 is 1.93 bits per heavy atom. The number of piperazine rings is 1. The third kappa shape index (κ3) is 4.30. The van der Waals surface area contributed by atoms with Gasteiger partial charge in [0.15, 0.2) is 0 Å². The molecule has 30 heavy (non-hydrogen) atoms. The summed E-state index contributed by atoms with van der Waals surface area (Å²) in [6.45, 7) is 4.78. The van der Waals surface area contributed by atoms with E-state index >= 15 is 0 Å². The number of aromatic nitrogens is 3. The summed E-state index contributed by atoms with van der Waals surface area (Å²) in [4.78, 5) is 36.0. The number of pyridine rings is 1. The van der Waals surface area contributed by atoms with Gasteiger partial charge in [-0.05, 0) is 20.0 Å². The smallest absolute Gasteiger partial charge is 0.257 e. The van der Waals surface area contributed by atoms with Gasteiger partial charge in [-0.15, -0.1) is 0 Å². The molecule has 2 aliphatic heterocycles. The third-order valence-electron chi connectivity index (χ3n) is 5.96. The second-order valence-corrected chi connectivity index (χ2v) is 7.97. The molecular formula is C21H28N6O3. The molecule has 4 rings (SSSR count). The molecule has 1 atom stereocenters. The Hall–Kier alpha value is -2.94. The van der Waals surface area contributed by atoms with Gasteiger partial charge in [-0.2, -0.15) is 5.10 Å². The number of amides is 2. The lowest BCUT2D eigenvalue weighted by Crippen LogP contribution is -2.60. The highest BCUT2D eigenvalue weighted by molar-refractivity contribution is 5.95. The van der Waals surface area contributed by atoms with E-state index in [4.69, 9.17) is 4.74 Å². The highest BCUT2D eigenvalue weighted by Crippen LogP contribution is 2.20. The van der Waals surface area contributed by atoms with Crippen LogP contribution < -0.4 is 4.74 Å². The molecule has 9 nitrogen and oxygen atoms in total. The molecule has 9 heteroatoms. The van der Waals surface area contributed by atoms with Crippen LogP contribution in [0.4, 0.5) is 0 Å². The fraction of sp³-hybridized carbons (Fsp3) is 0.524. The van der Waals surface area contributed by atoms with Crippen molar-refractivity contribution in [1.29, 1.82) is 0 Å². The Morgan fingerprint density at radius 3 is 2.60 bits per heavy atom. The second-order valence-electron chi connectivity index (χ2n) is 7.97. The number of aromatic amines is 1. The van der Waals surface area contributed by atoms with Gasteiger partial charge in [-0.25, -0.2) is 4.98 Å². The minimum atomic E-state index is -0.330. The number of hydrogen-bond acceptors (Lipinski definition) is 6. The SMILES string of the molecule is Cc1[nH]ncc1C(=O)N1CCN(C)[C@@H](C(=O)N2CCC(Oc3ccccn3)CC2)C1. The van der Waals surface area contributed by atoms with Gasteiger partial charge in [-0.3, -0.25) is 19.6 Å². The third-order valence-corrected chi connectivity index (χ3v) is 5.96. The van der Waals surface area contributed by atoms with Gasteiger partial charge < -0.3 is 14.5 Å². The van der Waals surface area contributed by atoms with Crippen LogP contribution in [0.5, 0.6) is 5.88 Å². The number of hydrogen-bond donors (Lipinski definition) is 1. The topological polar surface area (TPSA) is 94.7 Å². The van der Waals surface area contributed by atoms with Crippen molar-refractivity contribution in [2.75, 3.05) is 39.8 Å². The van der Waals surface area contributed by atoms with E-state index in [1.165, 1.54) is 0 Å². The number of piperidine rings is 1. The molecule has 0 radical (unpaired) electrons. The summed E-state index contributed by atoms with van der Waals surface area (Å²) in [5.41, 5.74) is 1.31. The number of rotatable bonds is 4. The highest BCUT2D eigenvalue weighted by atomic mass is 16.5. The molecule has 2 aromatic heterocycles. The van der Waals surface area contributed by atoms with Crippen LogP contribution in [0.3, 0.4) is 0 Å². The zero-order valence-corrected chi connectivity index (χ0v) is 17.5. The fourth-order valence-electron chi connectivity index (χ4n) is 4.05. The fourth-order valence-corrected chi connectivity index (χ4v) is 4.05. The normalized spacial score (nSPS) is 20.9. The molecule has 160 valence electrons. The number of likely N-dealkylation sites (N-methyl/N-ethyl adjacent to an activating group) is 1. The number of nitrogens with one attached hydrogen (secondary N) is 1. The minimum absolute atomic E-state index is 0.0650. The summed E-state index contributed by atoms with van der Waals surface area (Å²) in [7, 11) is 1.95. The summed E-state index contributed by atoms with van der Waals surface area (Å²) in [5, 5.41) is 6.75. The number of nitrogens with zero attached hydrogens (tertiary/aromatic N) is 5. The van der Waals surface area contributed by atoms with E-state index in [1.807, 2.05) is 42.0 Å². The van der Waals surface area contributed by atoms with Crippen LogP contribution in [-0.4, -0.2) is 93.6 Å². The number of carbonyl (C=O) groups is 2. The molecule has 1 N–H and O–H groups in total. The predicted octanol–water partition coefficient (Wildman–Crippen LogP) is 0.939. The lowest BCUT2D eigenvalue weighted by molar-refractivity contribution is -0.140. The summed E-state index contributed by atoms with van der Waals surface area (Å²) >= 11 is 0. The van der Waals surface area contributed by atoms with E-state index in [9.17, 15) is 9.59 Å². The zero-order chi connectivity index (χ0) is 21.1. The summed E-state index contributed by atoms with van der Waals surface area (Å²) < 4.78 is 5.93. The van der Waals surface area contributed by atoms with Crippen molar-refractivity contribution in [2.45, 2.75) is 31.9 Å². The number of aryl methyl sites for hydroxylation is 1. The molecule has 2 amide bonds. The number of ether oxygens (including phenoxy) is 1. The maximum absolute atomic E-state index is 13.2. The monoisotopic (exact) mass is 412 g/mol. The van der Waals surface area contributed by atoms with Crippen LogP contribution in [0.25, 0.3) is 0 Å². The minimum Gasteiger partial charge on any atom is -0.474 e. The molecule has 0 aromatic carbocycles. The van der Waals surface area contributed by atoms with Gasteiger partial charge in [0, 0.05) is 63.5 Å². The van der Waals surface area contributed by atoms with Crippen molar-refractivity contribution in [3.8, 4) is 5.88 Å². The highest BCUT2D eigenvalue weighted by Gasteiger charge is 2.36. The first-order valence-corrected chi connectivity index (χ1v) is 10.4. The van der Waals surface area contributed by atoms with E-state index in [0.717, 1.165) is 18.5 Å². The Bertz CT molecular complexity index is 878. The molecule has 2 aromatic rings. The van der Waals surface area contributed by atoms with Crippen LogP contribution in [-0.2, 0) is 4.79 Å². The van der Waals surface area contributed by atoms with Crippen LogP contribution in [0.15, 0.2) is 30.6 Å². The average molecular weight is 412 g/mol. The van der Waals surface area contributed by atoms with Gasteiger partial charge >= 0.3 is 0 Å². The summed E-state index contributed by atoms with van der Waals surface area (Å²) in [6, 6.07) is 5.28. The molecule has 2 fully saturated rings. The van der Waals surface area contributed by atoms with Crippen LogP contribution >= 0.6 is 0 Å². The van der Waals surface area contributed by atoms with E-state index in [1.54, 1.807) is 17.3 Å². The average Bonchev–Trinajstić information content (AvgIpc) is 3.20. The Balaban J connectivity index is 1.34. The van der Waals surface area contributed by atoms with Gasteiger partial charge in [0.1, 0.15) is 12.1 Å². The predicted molar refractivity (Wildman–Crippen MR) is 110 cm³/mol. The van der Waals surface area contributed by atoms with Gasteiger partial charge in [0.25, 0.3) is 5.91 Å². The maximum Gasteiger partial charge on any atom is 0.257 e. The van der Waals surface area contributed by atoms with Crippen molar-refractivity contribution in [1.82, 2.24) is 29.9 Å². The largest absolute Gasteiger partial charge is 0.474 e. The van der Waals surface area contributed by atoms with Gasteiger partial charge in [0.05, 0.1) is 11.8 Å². The molecule has 0 aliphatic carbocycles. The maximum atomic E-state index is 13.2. The molecule has 2 saturated heterocycles. The molecule has 0 spiro atoms. The molecule has 0 bridgehead atoms. The van der Waals surface area contributed by atoms with E-state index < -0.39 is 0 Å². The van der Waals surface area contributed by atoms with E-state index in [0.29, 0.717) is 44.2 Å². The van der Waals surface area contributed by atoms with Crippen molar-refractivity contribution in [2.24, 2.45) is 0 Å². The van der Waals surface area contributed by atoms with Gasteiger partial charge in [0.2, 0.25) is 11.8 Å². The molecule has 0 unspecified atom stereocenters. The lowest BCUT2D eigenvalue weighted by Gasteiger charge is -2.42.